The number of methoxy groups -OCH3 is 1. The summed E-state index contributed by atoms with van der Waals surface area (Å²) >= 11 is 0. The number of H-pyrrole nitrogens is 1. The molecule has 10 heteroatoms. The number of aromatic amines is 1. The Morgan fingerprint density at radius 3 is 2.79 bits per heavy atom. The van der Waals surface area contributed by atoms with Gasteiger partial charge in [0.15, 0.2) is 10.7 Å². The maximum absolute atomic E-state index is 13.5. The second-order valence-electron chi connectivity index (χ2n) is 4.03. The molecule has 2 atom stereocenters. The van der Waals surface area contributed by atoms with Crippen molar-refractivity contribution >= 4 is 16.0 Å². The summed E-state index contributed by atoms with van der Waals surface area (Å²) in [5.41, 5.74) is -0.419. The zero-order valence-corrected chi connectivity index (χ0v) is 10.7. The normalized spacial score (nSPS) is 24.7. The Hall–Kier alpha value is -1.52. The van der Waals surface area contributed by atoms with Crippen molar-refractivity contribution in [3.8, 4) is 0 Å². The molecule has 1 aliphatic heterocycles. The van der Waals surface area contributed by atoms with Gasteiger partial charge in [0.05, 0.1) is 0 Å². The van der Waals surface area contributed by atoms with Gasteiger partial charge in [-0.3, -0.25) is 5.10 Å². The number of aromatic nitrogens is 2. The fraction of sp³-hybridized carbons (Fsp3) is 0.556. The van der Waals surface area contributed by atoms with Crippen molar-refractivity contribution in [2.45, 2.75) is 17.3 Å². The molecular formula is C9H12FN3O5S. The Morgan fingerprint density at radius 2 is 2.32 bits per heavy atom. The van der Waals surface area contributed by atoms with Crippen LogP contribution in [0.4, 0.5) is 4.39 Å². The summed E-state index contributed by atoms with van der Waals surface area (Å²) in [6.07, 6.45) is -2.24. The van der Waals surface area contributed by atoms with E-state index in [1.165, 1.54) is 7.11 Å². The summed E-state index contributed by atoms with van der Waals surface area (Å²) < 4.78 is 43.4. The first-order valence-corrected chi connectivity index (χ1v) is 6.76. The number of hydrogen-bond acceptors (Lipinski definition) is 5. The van der Waals surface area contributed by atoms with Gasteiger partial charge in [-0.25, -0.2) is 17.6 Å². The van der Waals surface area contributed by atoms with Crippen LogP contribution >= 0.6 is 0 Å². The Balaban J connectivity index is 2.25. The number of hydrogen-bond donors (Lipinski definition) is 2. The second kappa shape index (κ2) is 4.87. The van der Waals surface area contributed by atoms with Crippen molar-refractivity contribution in [3.05, 3.63) is 11.8 Å². The molecule has 0 radical (unpaired) electrons. The molecule has 1 fully saturated rings. The van der Waals surface area contributed by atoms with Crippen molar-refractivity contribution in [1.29, 1.82) is 0 Å². The molecule has 1 aromatic rings. The molecule has 2 rings (SSSR count). The first-order valence-electron chi connectivity index (χ1n) is 5.32. The van der Waals surface area contributed by atoms with Crippen LogP contribution in [0.1, 0.15) is 10.5 Å². The molecule has 0 spiro atoms. The number of sulfonamides is 1. The van der Waals surface area contributed by atoms with Crippen molar-refractivity contribution < 1.29 is 27.4 Å². The average Bonchev–Trinajstić information content (AvgIpc) is 2.95. The molecule has 0 aliphatic carbocycles. The van der Waals surface area contributed by atoms with Crippen LogP contribution in [-0.4, -0.2) is 66.5 Å². The van der Waals surface area contributed by atoms with Gasteiger partial charge in [0.25, 0.3) is 10.0 Å². The van der Waals surface area contributed by atoms with Crippen LogP contribution in [0, 0.1) is 0 Å². The van der Waals surface area contributed by atoms with Crippen LogP contribution in [-0.2, 0) is 14.8 Å². The monoisotopic (exact) mass is 293 g/mol. The molecule has 106 valence electrons. The minimum Gasteiger partial charge on any atom is -0.476 e. The summed E-state index contributed by atoms with van der Waals surface area (Å²) in [6, 6.07) is 0.894. The van der Waals surface area contributed by atoms with E-state index in [9.17, 15) is 17.6 Å². The lowest BCUT2D eigenvalue weighted by Crippen LogP contribution is -2.30. The molecule has 2 heterocycles. The van der Waals surface area contributed by atoms with Crippen LogP contribution in [0.25, 0.3) is 0 Å². The lowest BCUT2D eigenvalue weighted by atomic mass is 10.3. The minimum atomic E-state index is -4.00. The van der Waals surface area contributed by atoms with Crippen molar-refractivity contribution in [2.24, 2.45) is 0 Å². The highest BCUT2D eigenvalue weighted by Gasteiger charge is 2.40. The van der Waals surface area contributed by atoms with Crippen LogP contribution in [0.2, 0.25) is 0 Å². The van der Waals surface area contributed by atoms with E-state index < -0.39 is 34.0 Å². The van der Waals surface area contributed by atoms with Gasteiger partial charge in [-0.1, -0.05) is 0 Å². The number of rotatable bonds is 4. The third kappa shape index (κ3) is 2.46. The SMILES string of the molecule is CO[C@H]1CN(S(=O)(=O)c2cc(C(=O)O)n[nH]2)C[C@@H]1F. The average molecular weight is 293 g/mol. The van der Waals surface area contributed by atoms with Crippen LogP contribution < -0.4 is 0 Å². The zero-order valence-electron chi connectivity index (χ0n) is 9.91. The molecule has 1 aliphatic rings. The summed E-state index contributed by atoms with van der Waals surface area (Å²) in [5.74, 6) is -1.35. The second-order valence-corrected chi connectivity index (χ2v) is 5.94. The summed E-state index contributed by atoms with van der Waals surface area (Å²) in [7, 11) is -2.70. The van der Waals surface area contributed by atoms with Crippen LogP contribution in [0.5, 0.6) is 0 Å². The van der Waals surface area contributed by atoms with E-state index >= 15 is 0 Å². The summed E-state index contributed by atoms with van der Waals surface area (Å²) in [4.78, 5) is 10.6. The van der Waals surface area contributed by atoms with Gasteiger partial charge in [-0.2, -0.15) is 9.40 Å². The van der Waals surface area contributed by atoms with E-state index in [4.69, 9.17) is 9.84 Å². The highest BCUT2D eigenvalue weighted by molar-refractivity contribution is 7.89. The number of nitrogens with one attached hydrogen (secondary N) is 1. The van der Waals surface area contributed by atoms with Gasteiger partial charge in [0, 0.05) is 26.3 Å². The van der Waals surface area contributed by atoms with E-state index in [1.54, 1.807) is 0 Å². The molecule has 0 saturated carbocycles. The first kappa shape index (κ1) is 13.9. The fourth-order valence-corrected chi connectivity index (χ4v) is 3.19. The largest absolute Gasteiger partial charge is 0.476 e. The van der Waals surface area contributed by atoms with Crippen molar-refractivity contribution in [1.82, 2.24) is 14.5 Å². The van der Waals surface area contributed by atoms with E-state index in [2.05, 4.69) is 10.2 Å². The van der Waals surface area contributed by atoms with E-state index in [1.807, 2.05) is 0 Å². The predicted octanol–water partition coefficient (Wildman–Crippen LogP) is -0.535. The van der Waals surface area contributed by atoms with Gasteiger partial charge >= 0.3 is 5.97 Å². The zero-order chi connectivity index (χ0) is 14.2. The third-order valence-corrected chi connectivity index (χ3v) is 4.60. The van der Waals surface area contributed by atoms with Gasteiger partial charge in [0.2, 0.25) is 0 Å². The quantitative estimate of drug-likeness (QED) is 0.771. The Morgan fingerprint density at radius 1 is 1.63 bits per heavy atom. The number of nitrogens with zero attached hydrogens (tertiary/aromatic N) is 2. The molecule has 0 bridgehead atoms. The number of aromatic carboxylic acids is 1. The number of carboxylic acid groups (broad SMARTS) is 1. The highest BCUT2D eigenvalue weighted by Crippen LogP contribution is 2.23. The molecule has 19 heavy (non-hydrogen) atoms. The Kier molecular flexibility index (Phi) is 3.56. The molecule has 2 N–H and O–H groups in total. The van der Waals surface area contributed by atoms with Gasteiger partial charge < -0.3 is 9.84 Å². The summed E-state index contributed by atoms with van der Waals surface area (Å²) in [5, 5.41) is 13.8. The lowest BCUT2D eigenvalue weighted by Gasteiger charge is -2.13. The van der Waals surface area contributed by atoms with Crippen molar-refractivity contribution in [2.75, 3.05) is 20.2 Å². The van der Waals surface area contributed by atoms with Crippen molar-refractivity contribution in [3.63, 3.8) is 0 Å². The number of carboxylic acids is 1. The van der Waals surface area contributed by atoms with Gasteiger partial charge in [-0.15, -0.1) is 0 Å². The van der Waals surface area contributed by atoms with Gasteiger partial charge in [0.1, 0.15) is 12.3 Å². The molecule has 8 nitrogen and oxygen atoms in total. The maximum Gasteiger partial charge on any atom is 0.356 e. The first-order chi connectivity index (χ1) is 8.86. The fourth-order valence-electron chi connectivity index (χ4n) is 1.81. The third-order valence-electron chi connectivity index (χ3n) is 2.86. The highest BCUT2D eigenvalue weighted by atomic mass is 32.2. The van der Waals surface area contributed by atoms with Gasteiger partial charge in [-0.05, 0) is 0 Å². The minimum absolute atomic E-state index is 0.124. The Labute approximate surface area is 108 Å². The smallest absolute Gasteiger partial charge is 0.356 e. The molecule has 0 amide bonds. The standard InChI is InChI=1S/C9H12FN3O5S/c1-18-7-4-13(3-5(7)10)19(16,17)8-2-6(9(14)15)11-12-8/h2,5,7H,3-4H2,1H3,(H,11,12)(H,14,15)/t5-,7-/m0/s1. The summed E-state index contributed by atoms with van der Waals surface area (Å²) in [6.45, 7) is -0.455. The van der Waals surface area contributed by atoms with E-state index in [-0.39, 0.29) is 18.1 Å². The molecule has 1 saturated heterocycles. The molecular weight excluding hydrogens is 281 g/mol. The van der Waals surface area contributed by atoms with E-state index in [0.717, 1.165) is 10.4 Å². The number of ether oxygens (including phenoxy) is 1. The van der Waals surface area contributed by atoms with Crippen LogP contribution in [0.15, 0.2) is 11.1 Å². The lowest BCUT2D eigenvalue weighted by molar-refractivity contribution is 0.0637. The number of halogens is 1. The topological polar surface area (TPSA) is 113 Å². The molecule has 1 aromatic heterocycles. The number of alkyl halides is 1. The predicted molar refractivity (Wildman–Crippen MR) is 60.0 cm³/mol. The van der Waals surface area contributed by atoms with Crippen LogP contribution in [0.3, 0.4) is 0 Å². The van der Waals surface area contributed by atoms with E-state index in [0.29, 0.717) is 0 Å². The maximum atomic E-state index is 13.5. The number of carbonyl (C=O) groups is 1. The molecule has 0 aromatic carbocycles. The Bertz CT molecular complexity index is 586. The molecule has 0 unspecified atom stereocenters.